The van der Waals surface area contributed by atoms with Crippen molar-refractivity contribution in [2.45, 2.75) is 25.9 Å². The first-order valence-electron chi connectivity index (χ1n) is 6.91. The van der Waals surface area contributed by atoms with Crippen LogP contribution in [0.25, 0.3) is 0 Å². The van der Waals surface area contributed by atoms with Gasteiger partial charge in [-0.25, -0.2) is 0 Å². The average Bonchev–Trinajstić information content (AvgIpc) is 2.50. The van der Waals surface area contributed by atoms with E-state index in [4.69, 9.17) is 5.73 Å². The Morgan fingerprint density at radius 1 is 1.23 bits per heavy atom. The summed E-state index contributed by atoms with van der Waals surface area (Å²) in [7, 11) is 0. The summed E-state index contributed by atoms with van der Waals surface area (Å²) >= 11 is 0. The molecule has 3 N–H and O–H groups in total. The molecule has 0 bridgehead atoms. The summed E-state index contributed by atoms with van der Waals surface area (Å²) in [6, 6.07) is 12.0. The van der Waals surface area contributed by atoms with Crippen molar-refractivity contribution in [2.24, 2.45) is 5.73 Å². The minimum absolute atomic E-state index is 0. The van der Waals surface area contributed by atoms with Gasteiger partial charge < -0.3 is 15.6 Å². The molecule has 0 saturated heterocycles. The van der Waals surface area contributed by atoms with Crippen LogP contribution in [0.15, 0.2) is 53.5 Å². The zero-order chi connectivity index (χ0) is 15.2. The van der Waals surface area contributed by atoms with Gasteiger partial charge in [0.25, 0.3) is 5.56 Å². The van der Waals surface area contributed by atoms with Crippen LogP contribution in [0, 0.1) is 0 Å². The third-order valence-electron chi connectivity index (χ3n) is 3.23. The quantitative estimate of drug-likeness (QED) is 0.881. The Bertz CT molecular complexity index is 671. The van der Waals surface area contributed by atoms with E-state index in [1.807, 2.05) is 37.3 Å². The second kappa shape index (κ2) is 8.36. The Balaban J connectivity index is 0.00000242. The lowest BCUT2D eigenvalue weighted by Gasteiger charge is -2.13. The van der Waals surface area contributed by atoms with Gasteiger partial charge in [-0.3, -0.25) is 9.59 Å². The molecule has 1 heterocycles. The number of rotatable bonds is 5. The highest BCUT2D eigenvalue weighted by atomic mass is 35.5. The van der Waals surface area contributed by atoms with Crippen molar-refractivity contribution in [1.29, 1.82) is 0 Å². The first-order valence-corrected chi connectivity index (χ1v) is 6.91. The molecule has 0 spiro atoms. The summed E-state index contributed by atoms with van der Waals surface area (Å²) in [5, 5.41) is 2.74. The van der Waals surface area contributed by atoms with Crippen molar-refractivity contribution in [3.05, 3.63) is 64.6 Å². The largest absolute Gasteiger partial charge is 0.323 e. The number of carbonyl (C=O) groups excluding carboxylic acids is 1. The van der Waals surface area contributed by atoms with Gasteiger partial charge in [-0.15, -0.1) is 12.4 Å². The van der Waals surface area contributed by atoms with Crippen LogP contribution in [0.3, 0.4) is 0 Å². The first-order chi connectivity index (χ1) is 10.1. The molecule has 2 rings (SSSR count). The molecule has 0 unspecified atom stereocenters. The highest BCUT2D eigenvalue weighted by Crippen LogP contribution is 2.06. The van der Waals surface area contributed by atoms with Crippen LogP contribution in [0.5, 0.6) is 0 Å². The zero-order valence-corrected chi connectivity index (χ0v) is 13.2. The van der Waals surface area contributed by atoms with Crippen LogP contribution < -0.4 is 16.6 Å². The van der Waals surface area contributed by atoms with Crippen molar-refractivity contribution in [2.75, 3.05) is 5.32 Å². The van der Waals surface area contributed by atoms with Gasteiger partial charge in [-0.2, -0.15) is 0 Å². The minimum atomic E-state index is -0.630. The van der Waals surface area contributed by atoms with Gasteiger partial charge in [-0.05, 0) is 25.0 Å². The number of nitrogens with one attached hydrogen (secondary N) is 1. The Morgan fingerprint density at radius 3 is 2.55 bits per heavy atom. The third kappa shape index (κ3) is 4.72. The summed E-state index contributed by atoms with van der Waals surface area (Å²) in [6.45, 7) is 2.42. The van der Waals surface area contributed by atoms with Crippen molar-refractivity contribution in [3.8, 4) is 0 Å². The molecule has 0 aliphatic rings. The first kappa shape index (κ1) is 17.9. The Labute approximate surface area is 135 Å². The highest BCUT2D eigenvalue weighted by Gasteiger charge is 2.14. The Hall–Kier alpha value is -2.11. The van der Waals surface area contributed by atoms with E-state index in [2.05, 4.69) is 5.32 Å². The molecule has 1 atom stereocenters. The number of aromatic nitrogens is 1. The number of benzene rings is 1. The van der Waals surface area contributed by atoms with Gasteiger partial charge in [0.2, 0.25) is 5.91 Å². The lowest BCUT2D eigenvalue weighted by Crippen LogP contribution is -2.37. The van der Waals surface area contributed by atoms with Crippen LogP contribution in [-0.4, -0.2) is 16.5 Å². The number of anilines is 1. The number of pyridine rings is 1. The summed E-state index contributed by atoms with van der Waals surface area (Å²) in [6.07, 6.45) is 2.09. The standard InChI is InChI=1S/C16H19N3O2.ClH/c1-2-19-11-13(8-9-15(19)20)18-16(21)14(17)10-12-6-4-3-5-7-12;/h3-9,11,14H,2,10,17H2,1H3,(H,18,21);1H/t14-;/m0./s1. The van der Waals surface area contributed by atoms with E-state index in [9.17, 15) is 9.59 Å². The van der Waals surface area contributed by atoms with E-state index < -0.39 is 6.04 Å². The molecule has 22 heavy (non-hydrogen) atoms. The fourth-order valence-electron chi connectivity index (χ4n) is 2.05. The minimum Gasteiger partial charge on any atom is -0.323 e. The average molecular weight is 322 g/mol. The fraction of sp³-hybridized carbons (Fsp3) is 0.250. The predicted octanol–water partition coefficient (Wildman–Crippen LogP) is 1.80. The monoisotopic (exact) mass is 321 g/mol. The van der Waals surface area contributed by atoms with Crippen molar-refractivity contribution in [1.82, 2.24) is 4.57 Å². The summed E-state index contributed by atoms with van der Waals surface area (Å²) in [4.78, 5) is 23.6. The molecule has 6 heteroatoms. The van der Waals surface area contributed by atoms with Crippen molar-refractivity contribution < 1.29 is 4.79 Å². The van der Waals surface area contributed by atoms with Crippen LogP contribution >= 0.6 is 12.4 Å². The van der Waals surface area contributed by atoms with Crippen LogP contribution in [0.4, 0.5) is 5.69 Å². The molecule has 0 fully saturated rings. The zero-order valence-electron chi connectivity index (χ0n) is 12.4. The van der Waals surface area contributed by atoms with Gasteiger partial charge in [0, 0.05) is 18.8 Å². The Kier molecular flexibility index (Phi) is 6.82. The smallest absolute Gasteiger partial charge is 0.250 e. The van der Waals surface area contributed by atoms with Gasteiger partial charge >= 0.3 is 0 Å². The van der Waals surface area contributed by atoms with Gasteiger partial charge in [0.15, 0.2) is 0 Å². The van der Waals surface area contributed by atoms with Gasteiger partial charge in [-0.1, -0.05) is 30.3 Å². The molecule has 0 aliphatic heterocycles. The molecule has 0 radical (unpaired) electrons. The molecule has 0 saturated carbocycles. The molecule has 1 aromatic heterocycles. The third-order valence-corrected chi connectivity index (χ3v) is 3.23. The number of nitrogens with two attached hydrogens (primary N) is 1. The lowest BCUT2D eigenvalue weighted by atomic mass is 10.1. The molecule has 1 amide bonds. The number of halogens is 1. The summed E-state index contributed by atoms with van der Waals surface area (Å²) in [5.74, 6) is -0.264. The molecule has 0 aliphatic carbocycles. The SMILES string of the molecule is CCn1cc(NC(=O)[C@@H](N)Cc2ccccc2)ccc1=O.Cl. The normalized spacial score (nSPS) is 11.4. The second-order valence-electron chi connectivity index (χ2n) is 4.83. The van der Waals surface area contributed by atoms with E-state index in [1.165, 1.54) is 10.6 Å². The maximum absolute atomic E-state index is 12.1. The predicted molar refractivity (Wildman–Crippen MR) is 90.4 cm³/mol. The van der Waals surface area contributed by atoms with Crippen LogP contribution in [0.2, 0.25) is 0 Å². The van der Waals surface area contributed by atoms with E-state index >= 15 is 0 Å². The van der Waals surface area contributed by atoms with E-state index in [1.54, 1.807) is 12.3 Å². The van der Waals surface area contributed by atoms with E-state index in [0.717, 1.165) is 5.56 Å². The highest BCUT2D eigenvalue weighted by molar-refractivity contribution is 5.94. The van der Waals surface area contributed by atoms with Crippen LogP contribution in [0.1, 0.15) is 12.5 Å². The molecule has 1 aromatic carbocycles. The molecule has 2 aromatic rings. The maximum atomic E-state index is 12.1. The number of nitrogens with zero attached hydrogens (tertiary/aromatic N) is 1. The van der Waals surface area contributed by atoms with Crippen LogP contribution in [-0.2, 0) is 17.8 Å². The topological polar surface area (TPSA) is 77.1 Å². The number of carbonyl (C=O) groups is 1. The van der Waals surface area contributed by atoms with Crippen molar-refractivity contribution in [3.63, 3.8) is 0 Å². The van der Waals surface area contributed by atoms with E-state index in [0.29, 0.717) is 18.7 Å². The summed E-state index contributed by atoms with van der Waals surface area (Å²) in [5.41, 5.74) is 7.41. The molecular formula is C16H20ClN3O2. The summed E-state index contributed by atoms with van der Waals surface area (Å²) < 4.78 is 1.53. The maximum Gasteiger partial charge on any atom is 0.250 e. The number of hydrogen-bond acceptors (Lipinski definition) is 3. The van der Waals surface area contributed by atoms with E-state index in [-0.39, 0.29) is 23.9 Å². The molecule has 118 valence electrons. The number of amides is 1. The molecule has 5 nitrogen and oxygen atoms in total. The van der Waals surface area contributed by atoms with Gasteiger partial charge in [0.05, 0.1) is 11.7 Å². The lowest BCUT2D eigenvalue weighted by molar-refractivity contribution is -0.117. The second-order valence-corrected chi connectivity index (χ2v) is 4.83. The Morgan fingerprint density at radius 2 is 1.91 bits per heavy atom. The number of hydrogen-bond donors (Lipinski definition) is 2. The fourth-order valence-corrected chi connectivity index (χ4v) is 2.05. The van der Waals surface area contributed by atoms with Gasteiger partial charge in [0.1, 0.15) is 0 Å². The van der Waals surface area contributed by atoms with Crippen molar-refractivity contribution >= 4 is 24.0 Å². The number of aryl methyl sites for hydroxylation is 1. The molecular weight excluding hydrogens is 302 g/mol.